The van der Waals surface area contributed by atoms with E-state index in [0.29, 0.717) is 19.4 Å². The van der Waals surface area contributed by atoms with Gasteiger partial charge < -0.3 is 5.11 Å². The quantitative estimate of drug-likeness (QED) is 0.753. The summed E-state index contributed by atoms with van der Waals surface area (Å²) in [5.41, 5.74) is -0.351. The van der Waals surface area contributed by atoms with Crippen molar-refractivity contribution in [2.75, 3.05) is 13.2 Å². The van der Waals surface area contributed by atoms with Crippen LogP contribution in [0.25, 0.3) is 0 Å². The number of likely N-dealkylation sites (tertiary alicyclic amines) is 1. The molecule has 2 rings (SSSR count). The van der Waals surface area contributed by atoms with Crippen LogP contribution in [0.3, 0.4) is 0 Å². The Kier molecular flexibility index (Phi) is 3.52. The van der Waals surface area contributed by atoms with Gasteiger partial charge in [0.1, 0.15) is 0 Å². The maximum Gasteiger partial charge on any atom is 0.235 e. The fraction of sp³-hybridized carbons (Fsp3) is 0.846. The van der Waals surface area contributed by atoms with E-state index in [1.807, 2.05) is 6.92 Å². The van der Waals surface area contributed by atoms with E-state index in [4.69, 9.17) is 5.11 Å². The number of carbonyl (C=O) groups is 2. The Hall–Kier alpha value is -0.900. The number of hydrogen-bond donors (Lipinski definition) is 1. The first-order chi connectivity index (χ1) is 8.09. The first kappa shape index (κ1) is 12.6. The van der Waals surface area contributed by atoms with Crippen LogP contribution < -0.4 is 0 Å². The predicted molar refractivity (Wildman–Crippen MR) is 63.1 cm³/mol. The molecule has 0 radical (unpaired) electrons. The van der Waals surface area contributed by atoms with Crippen molar-refractivity contribution < 1.29 is 14.7 Å². The molecule has 17 heavy (non-hydrogen) atoms. The van der Waals surface area contributed by atoms with E-state index in [9.17, 15) is 9.59 Å². The maximum atomic E-state index is 12.3. The Labute approximate surface area is 102 Å². The minimum Gasteiger partial charge on any atom is -0.396 e. The molecule has 1 atom stereocenters. The highest BCUT2D eigenvalue weighted by Crippen LogP contribution is 2.46. The second kappa shape index (κ2) is 4.77. The van der Waals surface area contributed by atoms with Crippen molar-refractivity contribution in [2.45, 2.75) is 45.4 Å². The molecule has 1 spiro atoms. The van der Waals surface area contributed by atoms with E-state index in [1.165, 1.54) is 4.90 Å². The Bertz CT molecular complexity index is 321. The number of amides is 2. The molecule has 4 nitrogen and oxygen atoms in total. The Morgan fingerprint density at radius 2 is 2.00 bits per heavy atom. The van der Waals surface area contributed by atoms with Gasteiger partial charge in [-0.15, -0.1) is 0 Å². The van der Waals surface area contributed by atoms with Gasteiger partial charge in [0.05, 0.1) is 5.41 Å². The van der Waals surface area contributed by atoms with E-state index < -0.39 is 0 Å². The molecule has 2 aliphatic rings. The number of hydrogen-bond acceptors (Lipinski definition) is 3. The Morgan fingerprint density at radius 1 is 1.35 bits per heavy atom. The number of imide groups is 1. The van der Waals surface area contributed by atoms with E-state index in [1.54, 1.807) is 0 Å². The van der Waals surface area contributed by atoms with E-state index >= 15 is 0 Å². The maximum absolute atomic E-state index is 12.3. The molecule has 1 aliphatic heterocycles. The molecular formula is C13H21NO3. The van der Waals surface area contributed by atoms with Gasteiger partial charge in [-0.2, -0.15) is 0 Å². The summed E-state index contributed by atoms with van der Waals surface area (Å²) in [7, 11) is 0. The second-order valence-corrected chi connectivity index (χ2v) is 5.59. The van der Waals surface area contributed by atoms with E-state index in [-0.39, 0.29) is 29.8 Å². The number of rotatable bonds is 4. The lowest BCUT2D eigenvalue weighted by Crippen LogP contribution is -2.37. The monoisotopic (exact) mass is 239 g/mol. The van der Waals surface area contributed by atoms with Gasteiger partial charge >= 0.3 is 0 Å². The largest absolute Gasteiger partial charge is 0.396 e. The number of aliphatic hydroxyl groups excluding tert-OH is 1. The van der Waals surface area contributed by atoms with E-state index in [0.717, 1.165) is 25.7 Å². The van der Waals surface area contributed by atoms with Gasteiger partial charge in [-0.05, 0) is 25.2 Å². The van der Waals surface area contributed by atoms with Crippen LogP contribution in [0, 0.1) is 11.3 Å². The van der Waals surface area contributed by atoms with Gasteiger partial charge in [0.15, 0.2) is 0 Å². The average Bonchev–Trinajstić information content (AvgIpc) is 2.82. The van der Waals surface area contributed by atoms with Gasteiger partial charge in [-0.25, -0.2) is 0 Å². The fourth-order valence-electron chi connectivity index (χ4n) is 3.11. The summed E-state index contributed by atoms with van der Waals surface area (Å²) < 4.78 is 0. The Balaban J connectivity index is 2.04. The minimum atomic E-state index is -0.351. The minimum absolute atomic E-state index is 0.0123. The van der Waals surface area contributed by atoms with E-state index in [2.05, 4.69) is 0 Å². The van der Waals surface area contributed by atoms with Crippen LogP contribution in [-0.2, 0) is 9.59 Å². The highest BCUT2D eigenvalue weighted by molar-refractivity contribution is 6.06. The van der Waals surface area contributed by atoms with Crippen molar-refractivity contribution >= 4 is 11.8 Å². The van der Waals surface area contributed by atoms with Crippen molar-refractivity contribution in [1.82, 2.24) is 4.90 Å². The van der Waals surface area contributed by atoms with Crippen LogP contribution >= 0.6 is 0 Å². The Morgan fingerprint density at radius 3 is 2.59 bits per heavy atom. The van der Waals surface area contributed by atoms with Gasteiger partial charge in [0, 0.05) is 19.6 Å². The molecule has 2 fully saturated rings. The molecule has 0 aromatic rings. The molecule has 1 unspecified atom stereocenters. The normalized spacial score (nSPS) is 24.9. The van der Waals surface area contributed by atoms with Crippen LogP contribution in [-0.4, -0.2) is 35.0 Å². The first-order valence-electron chi connectivity index (χ1n) is 6.55. The van der Waals surface area contributed by atoms with Crippen LogP contribution in [0.1, 0.15) is 45.4 Å². The van der Waals surface area contributed by atoms with Crippen molar-refractivity contribution in [3.8, 4) is 0 Å². The lowest BCUT2D eigenvalue weighted by atomic mass is 9.84. The molecule has 0 bridgehead atoms. The summed E-state index contributed by atoms with van der Waals surface area (Å²) >= 11 is 0. The summed E-state index contributed by atoms with van der Waals surface area (Å²) in [4.78, 5) is 25.7. The van der Waals surface area contributed by atoms with Crippen LogP contribution in [0.5, 0.6) is 0 Å². The van der Waals surface area contributed by atoms with Gasteiger partial charge in [-0.3, -0.25) is 14.5 Å². The molecule has 2 amide bonds. The number of carbonyl (C=O) groups excluding carboxylic acids is 2. The zero-order valence-corrected chi connectivity index (χ0v) is 10.4. The predicted octanol–water partition coefficient (Wildman–Crippen LogP) is 1.32. The summed E-state index contributed by atoms with van der Waals surface area (Å²) in [6.07, 6.45) is 4.95. The topological polar surface area (TPSA) is 57.6 Å². The lowest BCUT2D eigenvalue weighted by molar-refractivity contribution is -0.142. The van der Waals surface area contributed by atoms with Crippen LogP contribution in [0.4, 0.5) is 0 Å². The number of nitrogens with zero attached hydrogens (tertiary/aromatic N) is 1. The average molecular weight is 239 g/mol. The van der Waals surface area contributed by atoms with Crippen LogP contribution in [0.15, 0.2) is 0 Å². The lowest BCUT2D eigenvalue weighted by Gasteiger charge is -2.23. The molecule has 96 valence electrons. The summed E-state index contributed by atoms with van der Waals surface area (Å²) in [5.74, 6) is 0.218. The smallest absolute Gasteiger partial charge is 0.235 e. The standard InChI is InChI=1S/C13H21NO3/c1-10(4-7-15)9-14-11(16)8-13(12(14)17)5-2-3-6-13/h10,15H,2-9H2,1H3. The van der Waals surface area contributed by atoms with Crippen molar-refractivity contribution in [3.05, 3.63) is 0 Å². The highest BCUT2D eigenvalue weighted by Gasteiger charge is 2.52. The van der Waals surface area contributed by atoms with Crippen molar-refractivity contribution in [1.29, 1.82) is 0 Å². The second-order valence-electron chi connectivity index (χ2n) is 5.59. The van der Waals surface area contributed by atoms with Crippen LogP contribution in [0.2, 0.25) is 0 Å². The highest BCUT2D eigenvalue weighted by atomic mass is 16.3. The third-order valence-corrected chi connectivity index (χ3v) is 4.17. The first-order valence-corrected chi connectivity index (χ1v) is 6.55. The summed E-state index contributed by atoms with van der Waals surface area (Å²) in [5, 5.41) is 8.86. The van der Waals surface area contributed by atoms with Gasteiger partial charge in [0.25, 0.3) is 0 Å². The molecule has 1 saturated heterocycles. The molecule has 1 N–H and O–H groups in total. The molecule has 4 heteroatoms. The molecule has 1 saturated carbocycles. The third kappa shape index (κ3) is 2.23. The molecular weight excluding hydrogens is 218 g/mol. The zero-order valence-electron chi connectivity index (χ0n) is 10.4. The molecule has 1 heterocycles. The van der Waals surface area contributed by atoms with Crippen molar-refractivity contribution in [3.63, 3.8) is 0 Å². The third-order valence-electron chi connectivity index (χ3n) is 4.17. The molecule has 0 aromatic heterocycles. The molecule has 0 aromatic carbocycles. The fourth-order valence-corrected chi connectivity index (χ4v) is 3.11. The molecule has 1 aliphatic carbocycles. The summed E-state index contributed by atoms with van der Waals surface area (Å²) in [6, 6.07) is 0. The van der Waals surface area contributed by atoms with Gasteiger partial charge in [0.2, 0.25) is 11.8 Å². The zero-order chi connectivity index (χ0) is 12.5. The number of aliphatic hydroxyl groups is 1. The SMILES string of the molecule is CC(CCO)CN1C(=O)CC2(CCCC2)C1=O. The summed E-state index contributed by atoms with van der Waals surface area (Å²) in [6.45, 7) is 2.55. The van der Waals surface area contributed by atoms with Crippen molar-refractivity contribution in [2.24, 2.45) is 11.3 Å². The van der Waals surface area contributed by atoms with Gasteiger partial charge in [-0.1, -0.05) is 19.8 Å².